The van der Waals surface area contributed by atoms with Crippen LogP contribution in [-0.4, -0.2) is 28.9 Å². The molecule has 0 aromatic heterocycles. The highest BCUT2D eigenvalue weighted by molar-refractivity contribution is 7.85. The van der Waals surface area contributed by atoms with Crippen molar-refractivity contribution in [3.05, 3.63) is 29.8 Å². The molecule has 0 aliphatic heterocycles. The van der Waals surface area contributed by atoms with Crippen LogP contribution >= 0.6 is 0 Å². The third-order valence-electron chi connectivity index (χ3n) is 3.28. The molecule has 0 bridgehead atoms. The van der Waals surface area contributed by atoms with Crippen LogP contribution in [0.3, 0.4) is 0 Å². The zero-order chi connectivity index (χ0) is 15.1. The predicted octanol–water partition coefficient (Wildman–Crippen LogP) is 3.14. The summed E-state index contributed by atoms with van der Waals surface area (Å²) in [5.41, 5.74) is 1.16. The number of hydrogen-bond donors (Lipinski definition) is 1. The van der Waals surface area contributed by atoms with Crippen molar-refractivity contribution in [3.8, 4) is 5.75 Å². The van der Waals surface area contributed by atoms with Gasteiger partial charge in [0.2, 0.25) is 0 Å². The summed E-state index contributed by atoms with van der Waals surface area (Å²) in [6, 6.07) is 8.13. The van der Waals surface area contributed by atoms with Gasteiger partial charge < -0.3 is 10.1 Å². The minimum Gasteiger partial charge on any atom is -0.497 e. The van der Waals surface area contributed by atoms with Gasteiger partial charge in [0.15, 0.2) is 0 Å². The summed E-state index contributed by atoms with van der Waals surface area (Å²) < 4.78 is 17.6. The van der Waals surface area contributed by atoms with Gasteiger partial charge in [-0.2, -0.15) is 0 Å². The molecule has 20 heavy (non-hydrogen) atoms. The molecule has 3 unspecified atom stereocenters. The number of rotatable bonds is 8. The molecule has 3 nitrogen and oxygen atoms in total. The average molecular weight is 297 g/mol. The Bertz CT molecular complexity index is 417. The number of benzene rings is 1. The molecule has 1 N–H and O–H groups in total. The Labute approximate surface area is 125 Å². The van der Waals surface area contributed by atoms with Gasteiger partial charge in [-0.05, 0) is 37.1 Å². The summed E-state index contributed by atoms with van der Waals surface area (Å²) in [5, 5.41) is 3.55. The lowest BCUT2D eigenvalue weighted by Gasteiger charge is -2.25. The van der Waals surface area contributed by atoms with Crippen LogP contribution in [0.5, 0.6) is 5.75 Å². The van der Waals surface area contributed by atoms with E-state index >= 15 is 0 Å². The Morgan fingerprint density at radius 3 is 2.25 bits per heavy atom. The first kappa shape index (κ1) is 17.2. The van der Waals surface area contributed by atoms with Gasteiger partial charge in [0.25, 0.3) is 0 Å². The lowest BCUT2D eigenvalue weighted by molar-refractivity contribution is 0.414. The molecule has 0 radical (unpaired) electrons. The van der Waals surface area contributed by atoms with E-state index in [0.717, 1.165) is 23.6 Å². The second-order valence-electron chi connectivity index (χ2n) is 5.45. The molecule has 0 saturated heterocycles. The van der Waals surface area contributed by atoms with Gasteiger partial charge in [-0.1, -0.05) is 32.9 Å². The van der Waals surface area contributed by atoms with Gasteiger partial charge in [0, 0.05) is 22.6 Å². The first-order valence-electron chi connectivity index (χ1n) is 7.24. The summed E-state index contributed by atoms with van der Waals surface area (Å²) in [6.45, 7) is 9.23. The van der Waals surface area contributed by atoms with Crippen molar-refractivity contribution in [2.45, 2.75) is 39.0 Å². The van der Waals surface area contributed by atoms with Crippen molar-refractivity contribution >= 4 is 10.8 Å². The topological polar surface area (TPSA) is 38.3 Å². The van der Waals surface area contributed by atoms with Crippen molar-refractivity contribution in [3.63, 3.8) is 0 Å². The number of hydrogen-bond acceptors (Lipinski definition) is 3. The van der Waals surface area contributed by atoms with E-state index in [1.807, 2.05) is 12.1 Å². The molecule has 0 aliphatic rings. The van der Waals surface area contributed by atoms with Crippen LogP contribution in [0.1, 0.15) is 39.3 Å². The molecule has 4 heteroatoms. The number of methoxy groups -OCH3 is 1. The summed E-state index contributed by atoms with van der Waals surface area (Å²) in [4.78, 5) is 0. The molecule has 0 saturated carbocycles. The predicted molar refractivity (Wildman–Crippen MR) is 86.7 cm³/mol. The lowest BCUT2D eigenvalue weighted by atomic mass is 10.0. The first-order chi connectivity index (χ1) is 9.49. The van der Waals surface area contributed by atoms with Crippen LogP contribution in [0.4, 0.5) is 0 Å². The van der Waals surface area contributed by atoms with Gasteiger partial charge in [-0.3, -0.25) is 4.21 Å². The summed E-state index contributed by atoms with van der Waals surface area (Å²) in [5.74, 6) is 2.05. The smallest absolute Gasteiger partial charge is 0.118 e. The van der Waals surface area contributed by atoms with Crippen molar-refractivity contribution in [1.82, 2.24) is 5.32 Å². The Hall–Kier alpha value is -0.870. The highest BCUT2D eigenvalue weighted by Crippen LogP contribution is 2.24. The van der Waals surface area contributed by atoms with E-state index in [-0.39, 0.29) is 11.3 Å². The summed E-state index contributed by atoms with van der Waals surface area (Å²) in [7, 11) is 0.836. The largest absolute Gasteiger partial charge is 0.497 e. The van der Waals surface area contributed by atoms with Crippen molar-refractivity contribution in [2.75, 3.05) is 19.4 Å². The first-order valence-corrected chi connectivity index (χ1v) is 8.62. The molecule has 114 valence electrons. The zero-order valence-corrected chi connectivity index (χ0v) is 14.0. The van der Waals surface area contributed by atoms with E-state index in [1.165, 1.54) is 0 Å². The fourth-order valence-electron chi connectivity index (χ4n) is 2.22. The van der Waals surface area contributed by atoms with Crippen LogP contribution in [0.2, 0.25) is 0 Å². The van der Waals surface area contributed by atoms with Crippen molar-refractivity contribution in [1.29, 1.82) is 0 Å². The van der Waals surface area contributed by atoms with Gasteiger partial charge in [-0.25, -0.2) is 0 Å². The molecule has 1 aromatic rings. The van der Waals surface area contributed by atoms with Crippen LogP contribution in [-0.2, 0) is 10.8 Å². The Balaban J connectivity index is 2.88. The fourth-order valence-corrected chi connectivity index (χ4v) is 3.74. The lowest BCUT2D eigenvalue weighted by Crippen LogP contribution is -2.34. The molecule has 1 aromatic carbocycles. The standard InChI is InChI=1S/C16H27NO2S/c1-6-17-16(13(4)20(18)11-12(2)3)14-7-9-15(19-5)10-8-14/h7-10,12-13,16-17H,6,11H2,1-5H3. The van der Waals surface area contributed by atoms with E-state index < -0.39 is 10.8 Å². The maximum atomic E-state index is 12.4. The second-order valence-corrected chi connectivity index (χ2v) is 7.29. The molecule has 0 heterocycles. The minimum atomic E-state index is -0.828. The minimum absolute atomic E-state index is 0.0887. The van der Waals surface area contributed by atoms with E-state index in [9.17, 15) is 4.21 Å². The van der Waals surface area contributed by atoms with E-state index in [1.54, 1.807) is 7.11 Å². The van der Waals surface area contributed by atoms with Gasteiger partial charge in [0.1, 0.15) is 5.75 Å². The van der Waals surface area contributed by atoms with Crippen LogP contribution < -0.4 is 10.1 Å². The van der Waals surface area contributed by atoms with Gasteiger partial charge >= 0.3 is 0 Å². The SMILES string of the molecule is CCNC(c1ccc(OC)cc1)C(C)S(=O)CC(C)C. The average Bonchev–Trinajstić information content (AvgIpc) is 2.43. The van der Waals surface area contributed by atoms with Gasteiger partial charge in [0.05, 0.1) is 12.4 Å². The Morgan fingerprint density at radius 1 is 1.20 bits per heavy atom. The van der Waals surface area contributed by atoms with Gasteiger partial charge in [-0.15, -0.1) is 0 Å². The van der Waals surface area contributed by atoms with Crippen LogP contribution in [0.25, 0.3) is 0 Å². The van der Waals surface area contributed by atoms with Crippen molar-refractivity contribution in [2.24, 2.45) is 5.92 Å². The third kappa shape index (κ3) is 4.91. The summed E-state index contributed by atoms with van der Waals surface area (Å²) in [6.07, 6.45) is 0. The van der Waals surface area contributed by atoms with Crippen LogP contribution in [0.15, 0.2) is 24.3 Å². The second kappa shape index (κ2) is 8.42. The maximum Gasteiger partial charge on any atom is 0.118 e. The normalized spacial score (nSPS) is 15.9. The van der Waals surface area contributed by atoms with Crippen molar-refractivity contribution < 1.29 is 8.95 Å². The molecule has 3 atom stereocenters. The highest BCUT2D eigenvalue weighted by atomic mass is 32.2. The molecule has 0 fully saturated rings. The highest BCUT2D eigenvalue weighted by Gasteiger charge is 2.24. The maximum absolute atomic E-state index is 12.4. The molecular weight excluding hydrogens is 270 g/mol. The quantitative estimate of drug-likeness (QED) is 0.801. The molecule has 0 amide bonds. The number of ether oxygens (including phenoxy) is 1. The number of nitrogens with one attached hydrogen (secondary N) is 1. The third-order valence-corrected chi connectivity index (χ3v) is 5.38. The molecule has 0 spiro atoms. The molecule has 1 rings (SSSR count). The summed E-state index contributed by atoms with van der Waals surface area (Å²) >= 11 is 0. The van der Waals surface area contributed by atoms with E-state index in [0.29, 0.717) is 5.92 Å². The molecule has 0 aliphatic carbocycles. The fraction of sp³-hybridized carbons (Fsp3) is 0.625. The zero-order valence-electron chi connectivity index (χ0n) is 13.2. The van der Waals surface area contributed by atoms with E-state index in [2.05, 4.69) is 45.1 Å². The Morgan fingerprint density at radius 2 is 1.80 bits per heavy atom. The van der Waals surface area contributed by atoms with E-state index in [4.69, 9.17) is 4.74 Å². The van der Waals surface area contributed by atoms with Crippen LogP contribution in [0, 0.1) is 5.92 Å². The Kier molecular flexibility index (Phi) is 7.24. The molecular formula is C16H27NO2S. The monoisotopic (exact) mass is 297 g/mol.